The molecule has 0 saturated heterocycles. The molecule has 0 N–H and O–H groups in total. The van der Waals surface area contributed by atoms with Crippen molar-refractivity contribution in [2.45, 2.75) is 12.8 Å². The van der Waals surface area contributed by atoms with Crippen LogP contribution in [0.4, 0.5) is 0 Å². The third-order valence-electron chi connectivity index (χ3n) is 9.19. The fourth-order valence-electron chi connectivity index (χ4n) is 7.20. The number of thiophene rings is 2. The van der Waals surface area contributed by atoms with E-state index in [4.69, 9.17) is 6.58 Å². The molecule has 0 aliphatic heterocycles. The highest BCUT2D eigenvalue weighted by Gasteiger charge is 2.18. The van der Waals surface area contributed by atoms with Gasteiger partial charge in [-0.05, 0) is 103 Å². The average molecular weight is 597 g/mol. The first kappa shape index (κ1) is 25.7. The molecule has 8 aromatic rings. The predicted octanol–water partition coefficient (Wildman–Crippen LogP) is 11.4. The quantitative estimate of drug-likeness (QED) is 0.178. The molecule has 6 aromatic carbocycles. The summed E-state index contributed by atoms with van der Waals surface area (Å²) in [6.45, 7) is 9.37. The van der Waals surface area contributed by atoms with Crippen molar-refractivity contribution >= 4 is 109 Å². The van der Waals surface area contributed by atoms with Gasteiger partial charge in [0.25, 0.3) is 0 Å². The van der Waals surface area contributed by atoms with Crippen molar-refractivity contribution in [2.75, 3.05) is 0 Å². The van der Waals surface area contributed by atoms with Gasteiger partial charge >= 0.3 is 0 Å². The Morgan fingerprint density at radius 2 is 1.36 bits per heavy atom. The molecule has 2 heteroatoms. The molecule has 0 fully saturated rings. The van der Waals surface area contributed by atoms with Crippen LogP contribution in [0.2, 0.25) is 0 Å². The topological polar surface area (TPSA) is 0 Å². The van der Waals surface area contributed by atoms with Crippen molar-refractivity contribution in [3.63, 3.8) is 0 Å². The molecule has 1 aliphatic carbocycles. The summed E-state index contributed by atoms with van der Waals surface area (Å²) in [7, 11) is 0. The summed E-state index contributed by atoms with van der Waals surface area (Å²) < 4.78 is 5.11. The van der Waals surface area contributed by atoms with Gasteiger partial charge in [0, 0.05) is 34.8 Å². The van der Waals surface area contributed by atoms with Gasteiger partial charge in [0.05, 0.1) is 0 Å². The van der Waals surface area contributed by atoms with Crippen LogP contribution >= 0.6 is 22.7 Å². The molecule has 0 unspecified atom stereocenters. The summed E-state index contributed by atoms with van der Waals surface area (Å²) >= 11 is 3.69. The SMILES string of the molecule is C=C(/C=c1/sc2ccc3cc4sc5ccccc5c4cc3c2c1=C)c1c2ccccc2c(C2=CC=CCC2)c2ccccc12. The lowest BCUT2D eigenvalue weighted by Crippen LogP contribution is -2.16. The van der Waals surface area contributed by atoms with E-state index in [1.165, 1.54) is 83.8 Å². The van der Waals surface area contributed by atoms with E-state index >= 15 is 0 Å². The fourth-order valence-corrected chi connectivity index (χ4v) is 9.47. The molecule has 2 aromatic heterocycles. The first-order chi connectivity index (χ1) is 21.7. The minimum absolute atomic E-state index is 1.02. The molecule has 0 nitrogen and oxygen atoms in total. The van der Waals surface area contributed by atoms with E-state index in [2.05, 4.69) is 128 Å². The third kappa shape index (κ3) is 3.81. The lowest BCUT2D eigenvalue weighted by atomic mass is 9.84. The van der Waals surface area contributed by atoms with Gasteiger partial charge in [0.1, 0.15) is 0 Å². The highest BCUT2D eigenvalue weighted by atomic mass is 32.1. The van der Waals surface area contributed by atoms with Crippen LogP contribution in [0.5, 0.6) is 0 Å². The second kappa shape index (κ2) is 9.89. The summed E-state index contributed by atoms with van der Waals surface area (Å²) in [5, 5.41) is 12.6. The number of allylic oxidation sites excluding steroid dienone is 5. The zero-order valence-corrected chi connectivity index (χ0v) is 25.8. The Bertz CT molecular complexity index is 2630. The summed E-state index contributed by atoms with van der Waals surface area (Å²) in [4.78, 5) is 0. The van der Waals surface area contributed by atoms with Gasteiger partial charge in [-0.3, -0.25) is 0 Å². The minimum Gasteiger partial charge on any atom is -0.135 e. The minimum atomic E-state index is 1.02. The Hall–Kier alpha value is -4.76. The van der Waals surface area contributed by atoms with Crippen molar-refractivity contribution in [2.24, 2.45) is 0 Å². The molecule has 0 amide bonds. The van der Waals surface area contributed by atoms with Gasteiger partial charge in [-0.15, -0.1) is 22.7 Å². The summed E-state index contributed by atoms with van der Waals surface area (Å²) in [5.41, 5.74) is 4.99. The fraction of sp³-hybridized carbons (Fsp3) is 0.0476. The standard InChI is InChI=1S/C42H28S2/c1-25(40-30-15-6-8-17-32(30)42(27-12-4-3-5-13-27)33-18-9-7-16-31(33)40)22-38-26(2)41-34-24-35-29-14-10-11-19-36(29)43-39(35)23-28(34)20-21-37(41)44-38/h3-4,6-12,14-24H,1-2,5,13H2/b38-22+. The monoisotopic (exact) mass is 596 g/mol. The lowest BCUT2D eigenvalue weighted by Gasteiger charge is -2.20. The van der Waals surface area contributed by atoms with Crippen LogP contribution in [0.15, 0.2) is 122 Å². The van der Waals surface area contributed by atoms with Gasteiger partial charge in [-0.2, -0.15) is 0 Å². The number of benzene rings is 6. The lowest BCUT2D eigenvalue weighted by molar-refractivity contribution is 1.06. The average Bonchev–Trinajstić information content (AvgIpc) is 3.59. The van der Waals surface area contributed by atoms with Crippen molar-refractivity contribution in [1.29, 1.82) is 0 Å². The van der Waals surface area contributed by atoms with Crippen LogP contribution in [0, 0.1) is 0 Å². The van der Waals surface area contributed by atoms with Crippen molar-refractivity contribution in [1.82, 2.24) is 0 Å². The van der Waals surface area contributed by atoms with E-state index in [1.807, 2.05) is 22.7 Å². The molecule has 1 aliphatic rings. The molecule has 9 rings (SSSR count). The van der Waals surface area contributed by atoms with Crippen LogP contribution in [-0.2, 0) is 0 Å². The Balaban J connectivity index is 1.29. The summed E-state index contributed by atoms with van der Waals surface area (Å²) in [5.74, 6) is 0. The first-order valence-corrected chi connectivity index (χ1v) is 16.7. The summed E-state index contributed by atoms with van der Waals surface area (Å²) in [6.07, 6.45) is 11.2. The van der Waals surface area contributed by atoms with Crippen molar-refractivity contribution < 1.29 is 0 Å². The maximum Gasteiger partial charge on any atom is 0.0361 e. The van der Waals surface area contributed by atoms with Crippen LogP contribution in [0.1, 0.15) is 24.0 Å². The van der Waals surface area contributed by atoms with E-state index in [9.17, 15) is 0 Å². The van der Waals surface area contributed by atoms with Gasteiger partial charge in [0.2, 0.25) is 0 Å². The zero-order chi connectivity index (χ0) is 29.4. The van der Waals surface area contributed by atoms with Crippen molar-refractivity contribution in [3.05, 3.63) is 143 Å². The molecular formula is C42H28S2. The number of fused-ring (bicyclic) bond motifs is 8. The van der Waals surface area contributed by atoms with Gasteiger partial charge < -0.3 is 0 Å². The number of hydrogen-bond acceptors (Lipinski definition) is 2. The molecule has 44 heavy (non-hydrogen) atoms. The Labute approximate surface area is 263 Å². The van der Waals surface area contributed by atoms with E-state index in [0.717, 1.165) is 23.6 Å². The van der Waals surface area contributed by atoms with Crippen LogP contribution in [0.25, 0.3) is 86.4 Å². The normalized spacial score (nSPS) is 14.1. The van der Waals surface area contributed by atoms with Gasteiger partial charge in [-0.1, -0.05) is 104 Å². The predicted molar refractivity (Wildman–Crippen MR) is 198 cm³/mol. The largest absolute Gasteiger partial charge is 0.135 e. The maximum absolute atomic E-state index is 4.70. The van der Waals surface area contributed by atoms with E-state index < -0.39 is 0 Å². The molecule has 0 saturated carbocycles. The smallest absolute Gasteiger partial charge is 0.0361 e. The number of hydrogen-bond donors (Lipinski definition) is 0. The van der Waals surface area contributed by atoms with E-state index in [1.54, 1.807) is 0 Å². The maximum atomic E-state index is 4.70. The van der Waals surface area contributed by atoms with Crippen molar-refractivity contribution in [3.8, 4) is 0 Å². The Morgan fingerprint density at radius 3 is 2.09 bits per heavy atom. The molecule has 0 atom stereocenters. The molecule has 0 spiro atoms. The third-order valence-corrected chi connectivity index (χ3v) is 11.5. The molecule has 0 radical (unpaired) electrons. The summed E-state index contributed by atoms with van der Waals surface area (Å²) in [6, 6.07) is 35.7. The zero-order valence-electron chi connectivity index (χ0n) is 24.2. The second-order valence-electron chi connectivity index (χ2n) is 11.7. The molecular weight excluding hydrogens is 569 g/mol. The first-order valence-electron chi connectivity index (χ1n) is 15.1. The second-order valence-corrected chi connectivity index (χ2v) is 13.9. The number of rotatable bonds is 3. The molecule has 2 heterocycles. The van der Waals surface area contributed by atoms with E-state index in [-0.39, 0.29) is 0 Å². The van der Waals surface area contributed by atoms with Gasteiger partial charge in [0.15, 0.2) is 0 Å². The Morgan fingerprint density at radius 1 is 0.659 bits per heavy atom. The highest BCUT2D eigenvalue weighted by Crippen LogP contribution is 2.42. The van der Waals surface area contributed by atoms with Gasteiger partial charge in [-0.25, -0.2) is 0 Å². The van der Waals surface area contributed by atoms with Crippen LogP contribution in [-0.4, -0.2) is 0 Å². The Kier molecular flexibility index (Phi) is 5.78. The molecule has 208 valence electrons. The van der Waals surface area contributed by atoms with Crippen LogP contribution in [0.3, 0.4) is 0 Å². The van der Waals surface area contributed by atoms with Crippen LogP contribution < -0.4 is 9.75 Å². The highest BCUT2D eigenvalue weighted by molar-refractivity contribution is 7.25. The van der Waals surface area contributed by atoms with E-state index in [0.29, 0.717) is 0 Å². The molecule has 0 bridgehead atoms.